The number of nitrogens with zero attached hydrogens (tertiary/aromatic N) is 1. The zero-order valence-corrected chi connectivity index (χ0v) is 17.2. The van der Waals surface area contributed by atoms with Gasteiger partial charge in [-0.15, -0.1) is 0 Å². The van der Waals surface area contributed by atoms with Gasteiger partial charge in [-0.05, 0) is 47.9 Å². The molecule has 1 saturated heterocycles. The highest BCUT2D eigenvalue weighted by Crippen LogP contribution is 2.33. The molecule has 3 aromatic rings. The first-order valence-electron chi connectivity index (χ1n) is 9.97. The van der Waals surface area contributed by atoms with E-state index in [0.29, 0.717) is 11.1 Å². The lowest BCUT2D eigenvalue weighted by Crippen LogP contribution is -2.43. The average molecular weight is 419 g/mol. The van der Waals surface area contributed by atoms with E-state index in [0.717, 1.165) is 15.7 Å². The van der Waals surface area contributed by atoms with Crippen LogP contribution < -0.4 is 10.6 Å². The van der Waals surface area contributed by atoms with E-state index in [1.54, 1.807) is 32.0 Å². The molecule has 0 aromatic heterocycles. The number of benzene rings is 3. The molecule has 0 radical (unpaired) electrons. The highest BCUT2D eigenvalue weighted by atomic mass is 19.1. The lowest BCUT2D eigenvalue weighted by Gasteiger charge is -2.24. The van der Waals surface area contributed by atoms with Gasteiger partial charge in [0.2, 0.25) is 5.91 Å². The predicted octanol–water partition coefficient (Wildman–Crippen LogP) is 3.62. The van der Waals surface area contributed by atoms with Crippen molar-refractivity contribution in [2.75, 3.05) is 6.54 Å². The van der Waals surface area contributed by atoms with Gasteiger partial charge in [0.1, 0.15) is 17.9 Å². The van der Waals surface area contributed by atoms with E-state index < -0.39 is 36.0 Å². The third-order valence-corrected chi connectivity index (χ3v) is 5.65. The molecule has 2 unspecified atom stereocenters. The summed E-state index contributed by atoms with van der Waals surface area (Å²) in [5.74, 6) is -1.34. The largest absolute Gasteiger partial charge is 0.348 e. The maximum Gasteiger partial charge on any atom is 0.325 e. The van der Waals surface area contributed by atoms with Crippen molar-refractivity contribution in [3.05, 3.63) is 83.7 Å². The van der Waals surface area contributed by atoms with Crippen LogP contribution in [0.4, 0.5) is 9.18 Å². The summed E-state index contributed by atoms with van der Waals surface area (Å²) < 4.78 is 13.1. The molecule has 0 bridgehead atoms. The molecule has 1 aliphatic heterocycles. The molecule has 2 N–H and O–H groups in total. The second kappa shape index (κ2) is 7.83. The molecule has 4 amide bonds. The van der Waals surface area contributed by atoms with Crippen LogP contribution in [-0.4, -0.2) is 29.3 Å². The van der Waals surface area contributed by atoms with Crippen molar-refractivity contribution < 1.29 is 18.8 Å². The fourth-order valence-electron chi connectivity index (χ4n) is 3.95. The van der Waals surface area contributed by atoms with Crippen molar-refractivity contribution in [2.24, 2.45) is 0 Å². The van der Waals surface area contributed by atoms with Gasteiger partial charge in [0.05, 0.1) is 6.04 Å². The van der Waals surface area contributed by atoms with E-state index in [1.807, 2.05) is 36.4 Å². The third kappa shape index (κ3) is 3.74. The molecule has 4 rings (SSSR count). The Morgan fingerprint density at radius 3 is 2.48 bits per heavy atom. The highest BCUT2D eigenvalue weighted by molar-refractivity contribution is 6.10. The maximum absolute atomic E-state index is 13.2. The molecular weight excluding hydrogens is 397 g/mol. The topological polar surface area (TPSA) is 78.5 Å². The number of carbonyl (C=O) groups excluding carboxylic acids is 3. The summed E-state index contributed by atoms with van der Waals surface area (Å²) in [4.78, 5) is 39.3. The van der Waals surface area contributed by atoms with E-state index in [2.05, 4.69) is 10.6 Å². The standard InChI is InChI=1S/C24H22FN3O3/c1-15(16-10-12-18(25)13-11-16)26-21(29)14-28-22(30)24(2,27-23(28)31)20-9-5-7-17-6-3-4-8-19(17)20/h3-13,15H,14H2,1-2H3,(H,26,29)(H,27,31). The van der Waals surface area contributed by atoms with Gasteiger partial charge in [0.15, 0.2) is 0 Å². The summed E-state index contributed by atoms with van der Waals surface area (Å²) in [5.41, 5.74) is 0.111. The number of rotatable bonds is 5. The molecule has 0 spiro atoms. The van der Waals surface area contributed by atoms with E-state index in [1.165, 1.54) is 12.1 Å². The Labute approximate surface area is 179 Å². The number of hydrogen-bond donors (Lipinski definition) is 2. The van der Waals surface area contributed by atoms with Crippen LogP contribution in [0.15, 0.2) is 66.7 Å². The summed E-state index contributed by atoms with van der Waals surface area (Å²) >= 11 is 0. The van der Waals surface area contributed by atoms with Crippen molar-refractivity contribution in [2.45, 2.75) is 25.4 Å². The molecule has 1 fully saturated rings. The summed E-state index contributed by atoms with van der Waals surface area (Å²) in [6, 6.07) is 17.9. The Morgan fingerprint density at radius 1 is 1.06 bits per heavy atom. The summed E-state index contributed by atoms with van der Waals surface area (Å²) in [5, 5.41) is 7.31. The lowest BCUT2D eigenvalue weighted by atomic mass is 9.88. The molecule has 0 saturated carbocycles. The van der Waals surface area contributed by atoms with Crippen LogP contribution >= 0.6 is 0 Å². The molecule has 1 heterocycles. The van der Waals surface area contributed by atoms with Crippen LogP contribution in [0.5, 0.6) is 0 Å². The molecule has 31 heavy (non-hydrogen) atoms. The maximum atomic E-state index is 13.2. The minimum absolute atomic E-state index is 0.366. The SMILES string of the molecule is CC(NC(=O)CN1C(=O)NC(C)(c2cccc3ccccc23)C1=O)c1ccc(F)cc1. The lowest BCUT2D eigenvalue weighted by molar-refractivity contribution is -0.135. The number of hydrogen-bond acceptors (Lipinski definition) is 3. The van der Waals surface area contributed by atoms with Crippen molar-refractivity contribution in [3.8, 4) is 0 Å². The first-order valence-corrected chi connectivity index (χ1v) is 9.97. The number of imide groups is 1. The first-order chi connectivity index (χ1) is 14.8. The molecule has 7 heteroatoms. The first kappa shape index (κ1) is 20.5. The smallest absolute Gasteiger partial charge is 0.325 e. The van der Waals surface area contributed by atoms with E-state index in [4.69, 9.17) is 0 Å². The molecule has 2 atom stereocenters. The van der Waals surface area contributed by atoms with Gasteiger partial charge in [-0.3, -0.25) is 14.5 Å². The Kier molecular flexibility index (Phi) is 5.19. The average Bonchev–Trinajstić information content (AvgIpc) is 2.97. The van der Waals surface area contributed by atoms with E-state index >= 15 is 0 Å². The van der Waals surface area contributed by atoms with Crippen molar-refractivity contribution >= 4 is 28.6 Å². The van der Waals surface area contributed by atoms with E-state index in [-0.39, 0.29) is 5.82 Å². The number of fused-ring (bicyclic) bond motifs is 1. The molecule has 1 aliphatic rings. The van der Waals surface area contributed by atoms with Crippen LogP contribution in [0, 0.1) is 5.82 Å². The molecule has 3 aromatic carbocycles. The van der Waals surface area contributed by atoms with E-state index in [9.17, 15) is 18.8 Å². The Balaban J connectivity index is 1.53. The zero-order chi connectivity index (χ0) is 22.2. The Morgan fingerprint density at radius 2 is 1.74 bits per heavy atom. The highest BCUT2D eigenvalue weighted by Gasteiger charge is 2.50. The quantitative estimate of drug-likeness (QED) is 0.620. The summed E-state index contributed by atoms with van der Waals surface area (Å²) in [6.45, 7) is 2.99. The predicted molar refractivity (Wildman–Crippen MR) is 115 cm³/mol. The fraction of sp³-hybridized carbons (Fsp3) is 0.208. The van der Waals surface area contributed by atoms with Crippen LogP contribution in [0.25, 0.3) is 10.8 Å². The monoisotopic (exact) mass is 419 g/mol. The Bertz CT molecular complexity index is 1170. The van der Waals surface area contributed by atoms with Gasteiger partial charge in [0, 0.05) is 0 Å². The fourth-order valence-corrected chi connectivity index (χ4v) is 3.95. The normalized spacial score (nSPS) is 19.4. The van der Waals surface area contributed by atoms with Gasteiger partial charge in [-0.2, -0.15) is 0 Å². The van der Waals surface area contributed by atoms with Gasteiger partial charge in [-0.25, -0.2) is 9.18 Å². The van der Waals surface area contributed by atoms with Gasteiger partial charge in [0.25, 0.3) is 5.91 Å². The summed E-state index contributed by atoms with van der Waals surface area (Å²) in [6.07, 6.45) is 0. The molecule has 158 valence electrons. The molecule has 6 nitrogen and oxygen atoms in total. The number of halogens is 1. The number of urea groups is 1. The van der Waals surface area contributed by atoms with Crippen molar-refractivity contribution in [1.29, 1.82) is 0 Å². The minimum atomic E-state index is -1.28. The minimum Gasteiger partial charge on any atom is -0.348 e. The van der Waals surface area contributed by atoms with Crippen LogP contribution in [0.3, 0.4) is 0 Å². The molecule has 0 aliphatic carbocycles. The van der Waals surface area contributed by atoms with Crippen LogP contribution in [0.1, 0.15) is 31.0 Å². The second-order valence-electron chi connectivity index (χ2n) is 7.81. The zero-order valence-electron chi connectivity index (χ0n) is 17.2. The van der Waals surface area contributed by atoms with Crippen LogP contribution in [0.2, 0.25) is 0 Å². The molecular formula is C24H22FN3O3. The Hall–Kier alpha value is -3.74. The van der Waals surface area contributed by atoms with Crippen molar-refractivity contribution in [3.63, 3.8) is 0 Å². The van der Waals surface area contributed by atoms with Crippen LogP contribution in [-0.2, 0) is 15.1 Å². The van der Waals surface area contributed by atoms with Crippen molar-refractivity contribution in [1.82, 2.24) is 15.5 Å². The number of nitrogens with one attached hydrogen (secondary N) is 2. The third-order valence-electron chi connectivity index (χ3n) is 5.65. The summed E-state index contributed by atoms with van der Waals surface area (Å²) in [7, 11) is 0. The van der Waals surface area contributed by atoms with Gasteiger partial charge < -0.3 is 10.6 Å². The number of amides is 4. The van der Waals surface area contributed by atoms with Gasteiger partial charge >= 0.3 is 6.03 Å². The second-order valence-corrected chi connectivity index (χ2v) is 7.81. The van der Waals surface area contributed by atoms with Gasteiger partial charge in [-0.1, -0.05) is 54.6 Å². The number of carbonyl (C=O) groups is 3.